The van der Waals surface area contributed by atoms with Gasteiger partial charge in [-0.25, -0.2) is 0 Å². The van der Waals surface area contributed by atoms with Gasteiger partial charge in [-0.2, -0.15) is 0 Å². The minimum absolute atomic E-state index is 0.0834. The van der Waals surface area contributed by atoms with Crippen LogP contribution in [-0.4, -0.2) is 43.6 Å². The van der Waals surface area contributed by atoms with Gasteiger partial charge in [-0.1, -0.05) is 24.3 Å². The average molecular weight is 369 g/mol. The summed E-state index contributed by atoms with van der Waals surface area (Å²) in [5, 5.41) is 2.18. The Bertz CT molecular complexity index is 824. The number of ether oxygens (including phenoxy) is 2. The first-order valence-corrected chi connectivity index (χ1v) is 9.56. The highest BCUT2D eigenvalue weighted by Gasteiger charge is 2.30. The number of amides is 1. The van der Waals surface area contributed by atoms with E-state index in [4.69, 9.17) is 9.47 Å². The van der Waals surface area contributed by atoms with E-state index in [0.29, 0.717) is 32.5 Å². The van der Waals surface area contributed by atoms with Crippen LogP contribution in [0.4, 0.5) is 0 Å². The van der Waals surface area contributed by atoms with Crippen LogP contribution < -0.4 is 4.74 Å². The molecule has 1 saturated heterocycles. The fraction of sp³-hybridized carbons (Fsp3) is 0.455. The van der Waals surface area contributed by atoms with Crippen LogP contribution in [0.3, 0.4) is 0 Å². The second-order valence-electron chi connectivity index (χ2n) is 7.05. The van der Waals surface area contributed by atoms with Crippen molar-refractivity contribution in [2.24, 2.45) is 5.92 Å². The standard InChI is InChI=1S/C22H27NO4/c1-4-27-22(25)16-9-11-23(12-10-16)21(24)15(2)17-5-6-19-14-20(26-3)8-7-18(19)13-17/h5-8,13-16H,4,9-12H2,1-3H3/t15-/m0/s1. The average Bonchev–Trinajstić information content (AvgIpc) is 2.72. The molecule has 0 aromatic heterocycles. The number of methoxy groups -OCH3 is 1. The van der Waals surface area contributed by atoms with Crippen molar-refractivity contribution < 1.29 is 19.1 Å². The normalized spacial score (nSPS) is 16.2. The van der Waals surface area contributed by atoms with E-state index in [1.165, 1.54) is 0 Å². The van der Waals surface area contributed by atoms with Gasteiger partial charge in [0.25, 0.3) is 0 Å². The van der Waals surface area contributed by atoms with Gasteiger partial charge in [0.1, 0.15) is 5.75 Å². The molecule has 27 heavy (non-hydrogen) atoms. The third kappa shape index (κ3) is 4.24. The van der Waals surface area contributed by atoms with Crippen molar-refractivity contribution in [1.29, 1.82) is 0 Å². The number of hydrogen-bond donors (Lipinski definition) is 0. The van der Waals surface area contributed by atoms with E-state index in [9.17, 15) is 9.59 Å². The molecule has 0 radical (unpaired) electrons. The maximum absolute atomic E-state index is 12.9. The van der Waals surface area contributed by atoms with Gasteiger partial charge in [-0.15, -0.1) is 0 Å². The van der Waals surface area contributed by atoms with E-state index in [1.807, 2.05) is 49.1 Å². The molecule has 0 N–H and O–H groups in total. The summed E-state index contributed by atoms with van der Waals surface area (Å²) in [5.74, 6) is 0.507. The van der Waals surface area contributed by atoms with E-state index in [1.54, 1.807) is 7.11 Å². The van der Waals surface area contributed by atoms with E-state index in [2.05, 4.69) is 6.07 Å². The Kier molecular flexibility index (Phi) is 5.99. The van der Waals surface area contributed by atoms with Crippen LogP contribution in [0.15, 0.2) is 36.4 Å². The molecule has 3 rings (SSSR count). The molecule has 0 spiro atoms. The molecule has 2 aromatic carbocycles. The highest BCUT2D eigenvalue weighted by molar-refractivity contribution is 5.88. The monoisotopic (exact) mass is 369 g/mol. The highest BCUT2D eigenvalue weighted by Crippen LogP contribution is 2.27. The molecule has 1 amide bonds. The summed E-state index contributed by atoms with van der Waals surface area (Å²) in [7, 11) is 1.65. The van der Waals surface area contributed by atoms with Crippen molar-refractivity contribution in [2.75, 3.05) is 26.8 Å². The number of carbonyl (C=O) groups excluding carboxylic acids is 2. The van der Waals surface area contributed by atoms with Crippen LogP contribution in [0.5, 0.6) is 5.75 Å². The molecule has 5 nitrogen and oxygen atoms in total. The van der Waals surface area contributed by atoms with Gasteiger partial charge >= 0.3 is 5.97 Å². The molecule has 0 unspecified atom stereocenters. The lowest BCUT2D eigenvalue weighted by Crippen LogP contribution is -2.42. The van der Waals surface area contributed by atoms with Gasteiger partial charge in [-0.05, 0) is 55.2 Å². The Morgan fingerprint density at radius 3 is 2.44 bits per heavy atom. The van der Waals surface area contributed by atoms with E-state index < -0.39 is 0 Å². The topological polar surface area (TPSA) is 55.8 Å². The Balaban J connectivity index is 1.67. The van der Waals surface area contributed by atoms with Crippen LogP contribution in [0.25, 0.3) is 10.8 Å². The zero-order chi connectivity index (χ0) is 19.4. The zero-order valence-corrected chi connectivity index (χ0v) is 16.2. The number of rotatable bonds is 5. The molecular formula is C22H27NO4. The number of esters is 1. The third-order valence-electron chi connectivity index (χ3n) is 5.37. The van der Waals surface area contributed by atoms with Crippen molar-refractivity contribution in [3.63, 3.8) is 0 Å². The molecular weight excluding hydrogens is 342 g/mol. The van der Waals surface area contributed by atoms with Crippen LogP contribution in [0.1, 0.15) is 38.2 Å². The molecule has 0 bridgehead atoms. The van der Waals surface area contributed by atoms with Gasteiger partial charge in [-0.3, -0.25) is 9.59 Å². The van der Waals surface area contributed by atoms with E-state index in [-0.39, 0.29) is 23.7 Å². The SMILES string of the molecule is CCOC(=O)C1CCN(C(=O)[C@@H](C)c2ccc3cc(OC)ccc3c2)CC1. The summed E-state index contributed by atoms with van der Waals surface area (Å²) in [6.07, 6.45) is 1.35. The first kappa shape index (κ1) is 19.2. The number of piperidine rings is 1. The molecule has 1 fully saturated rings. The fourth-order valence-electron chi connectivity index (χ4n) is 3.65. The maximum Gasteiger partial charge on any atom is 0.309 e. The van der Waals surface area contributed by atoms with Gasteiger partial charge in [0, 0.05) is 13.1 Å². The van der Waals surface area contributed by atoms with Gasteiger partial charge in [0.15, 0.2) is 0 Å². The quantitative estimate of drug-likeness (QED) is 0.753. The first-order chi connectivity index (χ1) is 13.0. The van der Waals surface area contributed by atoms with Crippen molar-refractivity contribution in [3.8, 4) is 5.75 Å². The Morgan fingerprint density at radius 1 is 1.11 bits per heavy atom. The van der Waals surface area contributed by atoms with Gasteiger partial charge in [0.05, 0.1) is 25.6 Å². The van der Waals surface area contributed by atoms with Crippen LogP contribution >= 0.6 is 0 Å². The van der Waals surface area contributed by atoms with Crippen LogP contribution in [0.2, 0.25) is 0 Å². The second kappa shape index (κ2) is 8.42. The predicted molar refractivity (Wildman–Crippen MR) is 105 cm³/mol. The smallest absolute Gasteiger partial charge is 0.309 e. The summed E-state index contributed by atoms with van der Waals surface area (Å²) >= 11 is 0. The summed E-state index contributed by atoms with van der Waals surface area (Å²) in [6, 6.07) is 12.0. The molecule has 5 heteroatoms. The Morgan fingerprint density at radius 2 is 1.78 bits per heavy atom. The number of fused-ring (bicyclic) bond motifs is 1. The van der Waals surface area contributed by atoms with Crippen molar-refractivity contribution in [1.82, 2.24) is 4.90 Å². The first-order valence-electron chi connectivity index (χ1n) is 9.56. The summed E-state index contributed by atoms with van der Waals surface area (Å²) < 4.78 is 10.4. The molecule has 1 aliphatic rings. The largest absolute Gasteiger partial charge is 0.497 e. The third-order valence-corrected chi connectivity index (χ3v) is 5.37. The summed E-state index contributed by atoms with van der Waals surface area (Å²) in [5.41, 5.74) is 1.00. The van der Waals surface area contributed by atoms with Gasteiger partial charge < -0.3 is 14.4 Å². The summed E-state index contributed by atoms with van der Waals surface area (Å²) in [6.45, 7) is 5.39. The zero-order valence-electron chi connectivity index (χ0n) is 16.2. The Hall–Kier alpha value is -2.56. The fourth-order valence-corrected chi connectivity index (χ4v) is 3.65. The number of likely N-dealkylation sites (tertiary alicyclic amines) is 1. The second-order valence-corrected chi connectivity index (χ2v) is 7.05. The summed E-state index contributed by atoms with van der Waals surface area (Å²) in [4.78, 5) is 26.7. The Labute approximate surface area is 160 Å². The molecule has 0 saturated carbocycles. The predicted octanol–water partition coefficient (Wildman–Crippen LogP) is 3.75. The maximum atomic E-state index is 12.9. The lowest BCUT2D eigenvalue weighted by atomic mass is 9.93. The van der Waals surface area contributed by atoms with Crippen molar-refractivity contribution in [2.45, 2.75) is 32.6 Å². The van der Waals surface area contributed by atoms with Crippen molar-refractivity contribution in [3.05, 3.63) is 42.0 Å². The molecule has 1 aliphatic heterocycles. The van der Waals surface area contributed by atoms with Crippen molar-refractivity contribution >= 4 is 22.6 Å². The number of benzene rings is 2. The lowest BCUT2D eigenvalue weighted by molar-refractivity contribution is -0.151. The van der Waals surface area contributed by atoms with Crippen LogP contribution in [-0.2, 0) is 14.3 Å². The molecule has 144 valence electrons. The lowest BCUT2D eigenvalue weighted by Gasteiger charge is -2.32. The van der Waals surface area contributed by atoms with E-state index >= 15 is 0 Å². The number of carbonyl (C=O) groups is 2. The number of nitrogens with zero attached hydrogens (tertiary/aromatic N) is 1. The van der Waals surface area contributed by atoms with Crippen LogP contribution in [0, 0.1) is 5.92 Å². The molecule has 0 aliphatic carbocycles. The van der Waals surface area contributed by atoms with E-state index in [0.717, 1.165) is 22.1 Å². The highest BCUT2D eigenvalue weighted by atomic mass is 16.5. The molecule has 1 atom stereocenters. The minimum Gasteiger partial charge on any atom is -0.497 e. The minimum atomic E-state index is -0.212. The number of hydrogen-bond acceptors (Lipinski definition) is 4. The molecule has 1 heterocycles. The molecule has 2 aromatic rings. The van der Waals surface area contributed by atoms with Gasteiger partial charge in [0.2, 0.25) is 5.91 Å².